The van der Waals surface area contributed by atoms with Gasteiger partial charge in [0, 0.05) is 31.6 Å². The van der Waals surface area contributed by atoms with E-state index in [2.05, 4.69) is 43.2 Å². The van der Waals surface area contributed by atoms with Crippen LogP contribution in [0.25, 0.3) is 0 Å². The standard InChI is InChI=1S/C24H35N3O2/c1-15(2)10-19-21-20-18(14-27(21)13-16(3)4)11-24(19,26-22(20)28)23(29)25-12-17-8-6-5-7-9-17/h5-9,15-16,18-21H,10-14H2,1-4H3,(H,25,29)(H,26,28)/t18-,19-,20-,21-,24+/m1/s1. The Bertz CT molecular complexity index is 763. The normalized spacial score (nSPS) is 33.4. The van der Waals surface area contributed by atoms with Crippen molar-refractivity contribution in [1.29, 1.82) is 0 Å². The predicted molar refractivity (Wildman–Crippen MR) is 114 cm³/mol. The van der Waals surface area contributed by atoms with Crippen LogP contribution in [0.1, 0.15) is 46.1 Å². The van der Waals surface area contributed by atoms with Crippen molar-refractivity contribution in [2.45, 2.75) is 58.7 Å². The fourth-order valence-corrected chi connectivity index (χ4v) is 6.18. The maximum atomic E-state index is 13.6. The summed E-state index contributed by atoms with van der Waals surface area (Å²) in [7, 11) is 0. The molecule has 0 radical (unpaired) electrons. The maximum absolute atomic E-state index is 13.6. The third-order valence-electron chi connectivity index (χ3n) is 7.07. The molecular formula is C24H35N3O2. The highest BCUT2D eigenvalue weighted by atomic mass is 16.2. The molecule has 1 aromatic carbocycles. The van der Waals surface area contributed by atoms with Crippen LogP contribution in [-0.2, 0) is 16.1 Å². The number of nitrogens with zero attached hydrogens (tertiary/aromatic N) is 1. The second-order valence-electron chi connectivity index (χ2n) is 10.2. The molecule has 1 aliphatic carbocycles. The number of amides is 2. The smallest absolute Gasteiger partial charge is 0.246 e. The van der Waals surface area contributed by atoms with Gasteiger partial charge in [0.1, 0.15) is 5.54 Å². The number of benzene rings is 1. The summed E-state index contributed by atoms with van der Waals surface area (Å²) in [4.78, 5) is 29.2. The molecule has 2 N–H and O–H groups in total. The van der Waals surface area contributed by atoms with Gasteiger partial charge < -0.3 is 10.6 Å². The van der Waals surface area contributed by atoms with Crippen LogP contribution in [0.5, 0.6) is 0 Å². The van der Waals surface area contributed by atoms with Crippen LogP contribution in [0.4, 0.5) is 0 Å². The zero-order chi connectivity index (χ0) is 20.8. The molecular weight excluding hydrogens is 362 g/mol. The van der Waals surface area contributed by atoms with Crippen LogP contribution < -0.4 is 10.6 Å². The Kier molecular flexibility index (Phi) is 5.45. The molecule has 2 amide bonds. The molecule has 5 nitrogen and oxygen atoms in total. The van der Waals surface area contributed by atoms with E-state index < -0.39 is 5.54 Å². The Labute approximate surface area is 174 Å². The van der Waals surface area contributed by atoms with E-state index in [0.717, 1.165) is 31.5 Å². The molecule has 1 saturated carbocycles. The molecule has 5 atom stereocenters. The lowest BCUT2D eigenvalue weighted by Crippen LogP contribution is -2.76. The molecule has 29 heavy (non-hydrogen) atoms. The van der Waals surface area contributed by atoms with Crippen molar-refractivity contribution in [2.75, 3.05) is 13.1 Å². The largest absolute Gasteiger partial charge is 0.350 e. The first-order valence-electron chi connectivity index (χ1n) is 11.2. The Morgan fingerprint density at radius 1 is 1.21 bits per heavy atom. The molecule has 158 valence electrons. The minimum absolute atomic E-state index is 0.0000926. The second kappa shape index (κ2) is 7.75. The first kappa shape index (κ1) is 20.4. The van der Waals surface area contributed by atoms with Gasteiger partial charge in [0.2, 0.25) is 11.8 Å². The minimum atomic E-state index is -0.772. The first-order valence-corrected chi connectivity index (χ1v) is 11.2. The average Bonchev–Trinajstić information content (AvgIpc) is 2.96. The number of carbonyl (C=O) groups excluding carboxylic acids is 2. The fourth-order valence-electron chi connectivity index (χ4n) is 6.18. The molecule has 5 rings (SSSR count). The van der Waals surface area contributed by atoms with Crippen LogP contribution in [-0.4, -0.2) is 41.4 Å². The predicted octanol–water partition coefficient (Wildman–Crippen LogP) is 2.81. The SMILES string of the molecule is CC(C)C[C@@H]1[C@@H]2[C@@H]3C(=O)N[C@@]1(C(=O)NCc1ccccc1)C[C@@H]3CN2CC(C)C. The number of hydrogen-bond donors (Lipinski definition) is 2. The molecule has 3 aliphatic heterocycles. The van der Waals surface area contributed by atoms with Gasteiger partial charge in [-0.1, -0.05) is 58.0 Å². The number of carbonyl (C=O) groups is 2. The summed E-state index contributed by atoms with van der Waals surface area (Å²) in [5, 5.41) is 6.38. The average molecular weight is 398 g/mol. The van der Waals surface area contributed by atoms with Gasteiger partial charge in [0.05, 0.1) is 5.92 Å². The van der Waals surface area contributed by atoms with Gasteiger partial charge in [0.25, 0.3) is 0 Å². The molecule has 4 fully saturated rings. The van der Waals surface area contributed by atoms with Crippen LogP contribution in [0.3, 0.4) is 0 Å². The number of piperidine rings is 2. The van der Waals surface area contributed by atoms with Gasteiger partial charge in [-0.15, -0.1) is 0 Å². The highest BCUT2D eigenvalue weighted by Gasteiger charge is 2.67. The van der Waals surface area contributed by atoms with Crippen LogP contribution >= 0.6 is 0 Å². The highest BCUT2D eigenvalue weighted by Crippen LogP contribution is 2.54. The van der Waals surface area contributed by atoms with E-state index in [9.17, 15) is 9.59 Å². The number of nitrogens with one attached hydrogen (secondary N) is 2. The molecule has 3 saturated heterocycles. The van der Waals surface area contributed by atoms with Crippen molar-refractivity contribution in [1.82, 2.24) is 15.5 Å². The number of fused-ring (bicyclic) bond motifs is 1. The van der Waals surface area contributed by atoms with E-state index in [1.165, 1.54) is 0 Å². The number of likely N-dealkylation sites (tertiary alicyclic amines) is 1. The van der Waals surface area contributed by atoms with Gasteiger partial charge in [-0.05, 0) is 36.2 Å². The van der Waals surface area contributed by atoms with E-state index in [0.29, 0.717) is 24.3 Å². The zero-order valence-electron chi connectivity index (χ0n) is 18.2. The van der Waals surface area contributed by atoms with Gasteiger partial charge in [-0.25, -0.2) is 0 Å². The summed E-state index contributed by atoms with van der Waals surface area (Å²) >= 11 is 0. The Balaban J connectivity index is 1.63. The summed E-state index contributed by atoms with van der Waals surface area (Å²) < 4.78 is 0. The van der Waals surface area contributed by atoms with Crippen molar-refractivity contribution < 1.29 is 9.59 Å². The van der Waals surface area contributed by atoms with Crippen molar-refractivity contribution in [3.63, 3.8) is 0 Å². The van der Waals surface area contributed by atoms with Gasteiger partial charge >= 0.3 is 0 Å². The van der Waals surface area contributed by atoms with E-state index in [1.807, 2.05) is 30.3 Å². The monoisotopic (exact) mass is 397 g/mol. The minimum Gasteiger partial charge on any atom is -0.350 e. The highest BCUT2D eigenvalue weighted by molar-refractivity contribution is 5.96. The molecule has 0 spiro atoms. The lowest BCUT2D eigenvalue weighted by atomic mass is 9.57. The molecule has 0 unspecified atom stereocenters. The zero-order valence-corrected chi connectivity index (χ0v) is 18.2. The van der Waals surface area contributed by atoms with Gasteiger partial charge in [0.15, 0.2) is 0 Å². The lowest BCUT2D eigenvalue weighted by molar-refractivity contribution is -0.155. The Hall–Kier alpha value is -1.88. The number of rotatable bonds is 7. The molecule has 3 heterocycles. The molecule has 4 aliphatic rings. The van der Waals surface area contributed by atoms with Crippen molar-refractivity contribution in [3.05, 3.63) is 35.9 Å². The summed E-state index contributed by atoms with van der Waals surface area (Å²) in [6, 6.07) is 10.2. The van der Waals surface area contributed by atoms with E-state index in [-0.39, 0.29) is 29.7 Å². The maximum Gasteiger partial charge on any atom is 0.246 e. The van der Waals surface area contributed by atoms with Crippen LogP contribution in [0, 0.1) is 29.6 Å². The van der Waals surface area contributed by atoms with Crippen LogP contribution in [0.2, 0.25) is 0 Å². The third-order valence-corrected chi connectivity index (χ3v) is 7.07. The summed E-state index contributed by atoms with van der Waals surface area (Å²) in [5.41, 5.74) is 0.309. The topological polar surface area (TPSA) is 61.4 Å². The lowest BCUT2D eigenvalue weighted by Gasteiger charge is -2.55. The van der Waals surface area contributed by atoms with Crippen molar-refractivity contribution >= 4 is 11.8 Å². The molecule has 0 aromatic heterocycles. The van der Waals surface area contributed by atoms with Gasteiger partial charge in [-0.2, -0.15) is 0 Å². The van der Waals surface area contributed by atoms with Gasteiger partial charge in [-0.3, -0.25) is 14.5 Å². The van der Waals surface area contributed by atoms with Crippen molar-refractivity contribution in [3.8, 4) is 0 Å². The Morgan fingerprint density at radius 2 is 1.93 bits per heavy atom. The number of hydrogen-bond acceptors (Lipinski definition) is 3. The summed E-state index contributed by atoms with van der Waals surface area (Å²) in [6.07, 6.45) is 1.73. The van der Waals surface area contributed by atoms with Crippen molar-refractivity contribution in [2.24, 2.45) is 29.6 Å². The summed E-state index contributed by atoms with van der Waals surface area (Å²) in [6.45, 7) is 11.4. The van der Waals surface area contributed by atoms with E-state index in [1.54, 1.807) is 0 Å². The van der Waals surface area contributed by atoms with Crippen LogP contribution in [0.15, 0.2) is 30.3 Å². The third kappa shape index (κ3) is 3.58. The summed E-state index contributed by atoms with van der Waals surface area (Å²) in [5.74, 6) is 1.62. The molecule has 1 aromatic rings. The van der Waals surface area contributed by atoms with E-state index >= 15 is 0 Å². The molecule has 5 heteroatoms. The Morgan fingerprint density at radius 3 is 2.59 bits per heavy atom. The van der Waals surface area contributed by atoms with E-state index in [4.69, 9.17) is 0 Å². The second-order valence-corrected chi connectivity index (χ2v) is 10.2. The molecule has 4 bridgehead atoms. The first-order chi connectivity index (χ1) is 13.8. The quantitative estimate of drug-likeness (QED) is 0.744. The fraction of sp³-hybridized carbons (Fsp3) is 0.667.